The first-order valence-corrected chi connectivity index (χ1v) is 13.7. The van der Waals surface area contributed by atoms with E-state index in [4.69, 9.17) is 0 Å². The molecular weight excluding hydrogens is 384 g/mol. The fourth-order valence-corrected chi connectivity index (χ4v) is 5.21. The molecule has 0 aromatic heterocycles. The Labute approximate surface area is 200 Å². The second kappa shape index (κ2) is 16.1. The molecule has 0 aliphatic rings. The summed E-state index contributed by atoms with van der Waals surface area (Å²) in [6.45, 7) is 9.04. The van der Waals surface area contributed by atoms with Gasteiger partial charge in [0.15, 0.2) is 0 Å². The molecule has 2 aromatic carbocycles. The largest absolute Gasteiger partial charge is 0.0617 e. The molecule has 2 aromatic rings. The molecule has 0 heterocycles. The average Bonchev–Trinajstić information content (AvgIpc) is 2.77. The summed E-state index contributed by atoms with van der Waals surface area (Å²) in [6.07, 6.45) is 22.5. The van der Waals surface area contributed by atoms with Gasteiger partial charge in [0.05, 0.1) is 0 Å². The Kier molecular flexibility index (Phi) is 13.4. The van der Waals surface area contributed by atoms with Crippen LogP contribution < -0.4 is 0 Å². The fraction of sp³-hybridized carbons (Fsp3) is 0.625. The van der Waals surface area contributed by atoms with Gasteiger partial charge in [0.1, 0.15) is 0 Å². The Morgan fingerprint density at radius 3 is 0.812 bits per heavy atom. The molecule has 0 fully saturated rings. The van der Waals surface area contributed by atoms with Crippen molar-refractivity contribution in [3.05, 3.63) is 69.8 Å². The summed E-state index contributed by atoms with van der Waals surface area (Å²) in [5.74, 6) is 0. The highest BCUT2D eigenvalue weighted by Crippen LogP contribution is 2.19. The molecule has 0 amide bonds. The number of aryl methyl sites for hydroxylation is 4. The lowest BCUT2D eigenvalue weighted by molar-refractivity contribution is 0.533. The maximum absolute atomic E-state index is 2.26. The highest BCUT2D eigenvalue weighted by atomic mass is 14.1. The minimum Gasteiger partial charge on any atom is -0.0617 e. The fourth-order valence-electron chi connectivity index (χ4n) is 5.21. The van der Waals surface area contributed by atoms with Gasteiger partial charge in [0.2, 0.25) is 0 Å². The second-order valence-electron chi connectivity index (χ2n) is 10.2. The predicted octanol–water partition coefficient (Wildman–Crippen LogP) is 10.2. The first-order chi connectivity index (χ1) is 15.6. The SMILES string of the molecule is Cc1cccc(C)c1CCCCCCCCCCCCCCCCc1c(C)cccc1C. The molecule has 178 valence electrons. The van der Waals surface area contributed by atoms with Gasteiger partial charge in [0.25, 0.3) is 0 Å². The van der Waals surface area contributed by atoms with E-state index in [9.17, 15) is 0 Å². The quantitative estimate of drug-likeness (QED) is 0.217. The Morgan fingerprint density at radius 2 is 0.562 bits per heavy atom. The van der Waals surface area contributed by atoms with Crippen LogP contribution in [0, 0.1) is 27.7 Å². The van der Waals surface area contributed by atoms with Gasteiger partial charge in [-0.25, -0.2) is 0 Å². The van der Waals surface area contributed by atoms with Crippen LogP contribution in [0.1, 0.15) is 123 Å². The maximum atomic E-state index is 2.26. The molecule has 0 N–H and O–H groups in total. The minimum atomic E-state index is 1.27. The molecule has 0 aliphatic carbocycles. The van der Waals surface area contributed by atoms with Crippen molar-refractivity contribution in [2.24, 2.45) is 0 Å². The monoisotopic (exact) mass is 434 g/mol. The van der Waals surface area contributed by atoms with Crippen LogP contribution >= 0.6 is 0 Å². The van der Waals surface area contributed by atoms with Crippen LogP contribution in [0.3, 0.4) is 0 Å². The van der Waals surface area contributed by atoms with Crippen LogP contribution in [-0.2, 0) is 12.8 Å². The zero-order chi connectivity index (χ0) is 23.0. The smallest absolute Gasteiger partial charge is 0.0274 e. The van der Waals surface area contributed by atoms with Crippen molar-refractivity contribution in [3.8, 4) is 0 Å². The van der Waals surface area contributed by atoms with E-state index in [2.05, 4.69) is 64.1 Å². The molecule has 0 aliphatic heterocycles. The van der Waals surface area contributed by atoms with Crippen molar-refractivity contribution in [1.29, 1.82) is 0 Å². The standard InChI is InChI=1S/C32H50/c1-27-21-19-22-28(2)31(27)25-17-15-13-11-9-7-5-6-8-10-12-14-16-18-26-32-29(3)23-20-24-30(32)4/h19-24H,5-18,25-26H2,1-4H3. The van der Waals surface area contributed by atoms with Crippen LogP contribution in [0.25, 0.3) is 0 Å². The lowest BCUT2D eigenvalue weighted by atomic mass is 9.96. The lowest BCUT2D eigenvalue weighted by Crippen LogP contribution is -1.94. The third-order valence-electron chi connectivity index (χ3n) is 7.39. The van der Waals surface area contributed by atoms with E-state index in [0.717, 1.165) is 0 Å². The normalized spacial score (nSPS) is 11.2. The highest BCUT2D eigenvalue weighted by molar-refractivity contribution is 5.34. The van der Waals surface area contributed by atoms with Crippen molar-refractivity contribution in [2.45, 2.75) is 130 Å². The van der Waals surface area contributed by atoms with Gasteiger partial charge in [-0.05, 0) is 86.8 Å². The third-order valence-corrected chi connectivity index (χ3v) is 7.39. The zero-order valence-electron chi connectivity index (χ0n) is 21.8. The summed E-state index contributed by atoms with van der Waals surface area (Å²) >= 11 is 0. The van der Waals surface area contributed by atoms with Crippen LogP contribution in [-0.4, -0.2) is 0 Å². The maximum Gasteiger partial charge on any atom is -0.0274 e. The van der Waals surface area contributed by atoms with Crippen molar-refractivity contribution >= 4 is 0 Å². The second-order valence-corrected chi connectivity index (χ2v) is 10.2. The predicted molar refractivity (Wildman–Crippen MR) is 144 cm³/mol. The molecule has 0 unspecified atom stereocenters. The molecule has 0 saturated carbocycles. The molecule has 0 spiro atoms. The highest BCUT2D eigenvalue weighted by Gasteiger charge is 2.03. The summed E-state index contributed by atoms with van der Waals surface area (Å²) in [4.78, 5) is 0. The van der Waals surface area contributed by atoms with Crippen molar-refractivity contribution < 1.29 is 0 Å². The van der Waals surface area contributed by atoms with Gasteiger partial charge in [-0.2, -0.15) is 0 Å². The van der Waals surface area contributed by atoms with E-state index in [0.29, 0.717) is 0 Å². The average molecular weight is 435 g/mol. The van der Waals surface area contributed by atoms with Gasteiger partial charge in [0, 0.05) is 0 Å². The zero-order valence-corrected chi connectivity index (χ0v) is 21.8. The Bertz CT molecular complexity index is 649. The third kappa shape index (κ3) is 10.4. The van der Waals surface area contributed by atoms with Crippen LogP contribution in [0.15, 0.2) is 36.4 Å². The summed E-state index contributed by atoms with van der Waals surface area (Å²) in [5.41, 5.74) is 9.08. The van der Waals surface area contributed by atoms with Crippen molar-refractivity contribution in [2.75, 3.05) is 0 Å². The first kappa shape index (κ1) is 26.7. The Morgan fingerprint density at radius 1 is 0.344 bits per heavy atom. The summed E-state index contributed by atoms with van der Waals surface area (Å²) < 4.78 is 0. The molecule has 32 heavy (non-hydrogen) atoms. The molecule has 0 heteroatoms. The van der Waals surface area contributed by atoms with Crippen LogP contribution in [0.5, 0.6) is 0 Å². The first-order valence-electron chi connectivity index (χ1n) is 13.7. The van der Waals surface area contributed by atoms with Gasteiger partial charge >= 0.3 is 0 Å². The number of rotatable bonds is 17. The molecule has 2 rings (SSSR count). The number of hydrogen-bond donors (Lipinski definition) is 0. The topological polar surface area (TPSA) is 0 Å². The van der Waals surface area contributed by atoms with Gasteiger partial charge in [-0.3, -0.25) is 0 Å². The van der Waals surface area contributed by atoms with Gasteiger partial charge in [-0.15, -0.1) is 0 Å². The van der Waals surface area contributed by atoms with Gasteiger partial charge in [-0.1, -0.05) is 113 Å². The Hall–Kier alpha value is -1.56. The van der Waals surface area contributed by atoms with E-state index in [1.807, 2.05) is 0 Å². The lowest BCUT2D eigenvalue weighted by Gasteiger charge is -2.09. The number of hydrogen-bond acceptors (Lipinski definition) is 0. The van der Waals surface area contributed by atoms with Crippen molar-refractivity contribution in [1.82, 2.24) is 0 Å². The molecule has 0 radical (unpaired) electrons. The van der Waals surface area contributed by atoms with Gasteiger partial charge < -0.3 is 0 Å². The summed E-state index contributed by atoms with van der Waals surface area (Å²) in [5, 5.41) is 0. The van der Waals surface area contributed by atoms with E-state index in [1.165, 1.54) is 125 Å². The number of benzene rings is 2. The van der Waals surface area contributed by atoms with Crippen LogP contribution in [0.4, 0.5) is 0 Å². The van der Waals surface area contributed by atoms with E-state index in [-0.39, 0.29) is 0 Å². The number of unbranched alkanes of at least 4 members (excludes halogenated alkanes) is 13. The minimum absolute atomic E-state index is 1.27. The van der Waals surface area contributed by atoms with Crippen molar-refractivity contribution in [3.63, 3.8) is 0 Å². The summed E-state index contributed by atoms with van der Waals surface area (Å²) in [6, 6.07) is 13.4. The molecule has 0 nitrogen and oxygen atoms in total. The molecule has 0 saturated heterocycles. The molecule has 0 bridgehead atoms. The van der Waals surface area contributed by atoms with E-state index >= 15 is 0 Å². The van der Waals surface area contributed by atoms with E-state index in [1.54, 1.807) is 11.1 Å². The molecular formula is C32H50. The van der Waals surface area contributed by atoms with Crippen LogP contribution in [0.2, 0.25) is 0 Å². The Balaban J connectivity index is 1.33. The molecule has 0 atom stereocenters. The summed E-state index contributed by atoms with van der Waals surface area (Å²) in [7, 11) is 0. The van der Waals surface area contributed by atoms with E-state index < -0.39 is 0 Å².